The lowest BCUT2D eigenvalue weighted by Crippen LogP contribution is -2.30. The Morgan fingerprint density at radius 3 is 2.82 bits per heavy atom. The Morgan fingerprint density at radius 1 is 1.59 bits per heavy atom. The maximum Gasteiger partial charge on any atom is 0.374 e. The van der Waals surface area contributed by atoms with Gasteiger partial charge in [0.15, 0.2) is 4.73 Å². The van der Waals surface area contributed by atoms with Gasteiger partial charge in [-0.1, -0.05) is 12.2 Å². The standard InChI is InChI=1S/C9H13N4O2PS/c1-4-15-16(14)9(17)10-8(12-16)13-7(3)5-6(2)11-13/h5H,4H2,1-3H3,(H,10,12,14,17). The Kier molecular flexibility index (Phi) is 3.16. The summed E-state index contributed by atoms with van der Waals surface area (Å²) in [4.78, 5) is 0. The van der Waals surface area contributed by atoms with Gasteiger partial charge in [0.25, 0.3) is 0 Å². The Morgan fingerprint density at radius 2 is 2.29 bits per heavy atom. The van der Waals surface area contributed by atoms with E-state index in [1.807, 2.05) is 19.9 Å². The van der Waals surface area contributed by atoms with Crippen LogP contribution in [-0.4, -0.2) is 27.1 Å². The van der Waals surface area contributed by atoms with E-state index in [0.29, 0.717) is 12.6 Å². The summed E-state index contributed by atoms with van der Waals surface area (Å²) in [7, 11) is -3.25. The molecule has 0 spiro atoms. The summed E-state index contributed by atoms with van der Waals surface area (Å²) in [6.07, 6.45) is 0. The molecule has 1 aliphatic heterocycles. The number of hydrogen-bond acceptors (Lipinski definition) is 4. The molecular formula is C9H13N4O2PS. The average molecular weight is 272 g/mol. The van der Waals surface area contributed by atoms with Crippen molar-refractivity contribution < 1.29 is 9.09 Å². The van der Waals surface area contributed by atoms with Gasteiger partial charge < -0.3 is 9.84 Å². The molecule has 0 amide bonds. The van der Waals surface area contributed by atoms with Crippen LogP contribution in [0.5, 0.6) is 0 Å². The summed E-state index contributed by atoms with van der Waals surface area (Å²) in [6, 6.07) is 1.90. The summed E-state index contributed by atoms with van der Waals surface area (Å²) < 4.78 is 23.0. The maximum atomic E-state index is 12.2. The molecule has 8 heteroatoms. The molecule has 0 aliphatic carbocycles. The summed E-state index contributed by atoms with van der Waals surface area (Å²) >= 11 is 4.99. The number of nitrogens with zero attached hydrogens (tertiary/aromatic N) is 3. The van der Waals surface area contributed by atoms with Gasteiger partial charge in [0.1, 0.15) is 0 Å². The molecule has 2 heterocycles. The van der Waals surface area contributed by atoms with E-state index < -0.39 is 7.52 Å². The first-order valence-corrected chi connectivity index (χ1v) is 7.15. The first-order chi connectivity index (χ1) is 7.96. The van der Waals surface area contributed by atoms with E-state index in [1.165, 1.54) is 0 Å². The molecule has 2 rings (SSSR count). The highest BCUT2D eigenvalue weighted by molar-refractivity contribution is 7.99. The topological polar surface area (TPSA) is 68.5 Å². The lowest BCUT2D eigenvalue weighted by Gasteiger charge is -2.05. The van der Waals surface area contributed by atoms with E-state index in [2.05, 4.69) is 15.2 Å². The minimum Gasteiger partial charge on any atom is -0.309 e. The Bertz CT molecular complexity index is 551. The molecule has 1 unspecified atom stereocenters. The average Bonchev–Trinajstić information content (AvgIpc) is 2.69. The minimum absolute atomic E-state index is 0.127. The van der Waals surface area contributed by atoms with E-state index in [0.717, 1.165) is 11.4 Å². The van der Waals surface area contributed by atoms with Crippen molar-refractivity contribution in [2.24, 2.45) is 4.76 Å². The molecule has 0 saturated heterocycles. The van der Waals surface area contributed by atoms with Crippen LogP contribution >= 0.6 is 19.7 Å². The largest absolute Gasteiger partial charge is 0.374 e. The molecule has 0 fully saturated rings. The minimum atomic E-state index is -3.25. The predicted molar refractivity (Wildman–Crippen MR) is 69.5 cm³/mol. The molecule has 6 nitrogen and oxygen atoms in total. The van der Waals surface area contributed by atoms with E-state index >= 15 is 0 Å². The first-order valence-electron chi connectivity index (χ1n) is 5.16. The molecule has 0 bridgehead atoms. The fraction of sp³-hybridized carbons (Fsp3) is 0.444. The van der Waals surface area contributed by atoms with E-state index in [1.54, 1.807) is 11.6 Å². The molecule has 0 radical (unpaired) electrons. The van der Waals surface area contributed by atoms with Gasteiger partial charge in [0.2, 0.25) is 5.96 Å². The summed E-state index contributed by atoms with van der Waals surface area (Å²) in [5.74, 6) is 0.359. The third-order valence-corrected chi connectivity index (χ3v) is 4.70. The van der Waals surface area contributed by atoms with Crippen LogP contribution in [0.1, 0.15) is 18.3 Å². The summed E-state index contributed by atoms with van der Waals surface area (Å²) in [5, 5.41) is 7.03. The van der Waals surface area contributed by atoms with Gasteiger partial charge in [-0.05, 0) is 26.8 Å². The Labute approximate surface area is 105 Å². The van der Waals surface area contributed by atoms with E-state index in [4.69, 9.17) is 16.7 Å². The van der Waals surface area contributed by atoms with Gasteiger partial charge in [-0.2, -0.15) is 9.86 Å². The molecule has 1 aliphatic rings. The molecule has 17 heavy (non-hydrogen) atoms. The molecule has 92 valence electrons. The highest BCUT2D eigenvalue weighted by Crippen LogP contribution is 2.52. The van der Waals surface area contributed by atoms with Gasteiger partial charge in [-0.25, -0.2) is 4.68 Å². The maximum absolute atomic E-state index is 12.2. The molecule has 1 N–H and O–H groups in total. The first kappa shape index (κ1) is 12.4. The molecular weight excluding hydrogens is 259 g/mol. The van der Waals surface area contributed by atoms with Gasteiger partial charge >= 0.3 is 7.52 Å². The van der Waals surface area contributed by atoms with Crippen molar-refractivity contribution in [2.75, 3.05) is 6.61 Å². The number of rotatable bonds is 2. The molecule has 0 saturated carbocycles. The van der Waals surface area contributed by atoms with Crippen LogP contribution in [0.25, 0.3) is 0 Å². The number of thiocarbonyl (C=S) groups is 1. The van der Waals surface area contributed by atoms with Gasteiger partial charge in [0, 0.05) is 5.69 Å². The Hall–Kier alpha value is -1.04. The van der Waals surface area contributed by atoms with E-state index in [9.17, 15) is 4.57 Å². The van der Waals surface area contributed by atoms with Crippen molar-refractivity contribution in [1.29, 1.82) is 0 Å². The summed E-state index contributed by atoms with van der Waals surface area (Å²) in [5.41, 5.74) is 1.75. The quantitative estimate of drug-likeness (QED) is 0.657. The summed E-state index contributed by atoms with van der Waals surface area (Å²) in [6.45, 7) is 5.81. The van der Waals surface area contributed by atoms with Gasteiger partial charge in [0.05, 0.1) is 12.3 Å². The zero-order valence-corrected chi connectivity index (χ0v) is 11.5. The number of aryl methyl sites for hydroxylation is 2. The third kappa shape index (κ3) is 2.18. The van der Waals surface area contributed by atoms with Crippen LogP contribution in [0.15, 0.2) is 10.8 Å². The second kappa shape index (κ2) is 4.33. The fourth-order valence-electron chi connectivity index (χ4n) is 1.56. The van der Waals surface area contributed by atoms with Crippen molar-refractivity contribution >= 4 is 30.4 Å². The Balaban J connectivity index is 2.40. The highest BCUT2D eigenvalue weighted by Gasteiger charge is 2.37. The van der Waals surface area contributed by atoms with Crippen LogP contribution in [0.2, 0.25) is 0 Å². The molecule has 1 aromatic heterocycles. The van der Waals surface area contributed by atoms with Crippen molar-refractivity contribution in [1.82, 2.24) is 15.1 Å². The predicted octanol–water partition coefficient (Wildman–Crippen LogP) is 1.82. The number of aromatic nitrogens is 2. The van der Waals surface area contributed by atoms with Crippen LogP contribution in [0.4, 0.5) is 0 Å². The van der Waals surface area contributed by atoms with Crippen LogP contribution in [-0.2, 0) is 9.09 Å². The van der Waals surface area contributed by atoms with Crippen LogP contribution < -0.4 is 5.32 Å². The normalized spacial score (nSPS) is 23.7. The highest BCUT2D eigenvalue weighted by atomic mass is 32.1. The smallest absolute Gasteiger partial charge is 0.309 e. The van der Waals surface area contributed by atoms with Gasteiger partial charge in [-0.3, -0.25) is 4.57 Å². The lowest BCUT2D eigenvalue weighted by atomic mass is 10.4. The van der Waals surface area contributed by atoms with Crippen molar-refractivity contribution in [3.8, 4) is 0 Å². The molecule has 1 aromatic rings. The third-order valence-electron chi connectivity index (χ3n) is 2.22. The fourth-order valence-corrected chi connectivity index (χ4v) is 3.18. The molecule has 1 atom stereocenters. The molecule has 0 aromatic carbocycles. The van der Waals surface area contributed by atoms with Crippen molar-refractivity contribution in [3.05, 3.63) is 17.5 Å². The lowest BCUT2D eigenvalue weighted by molar-refractivity contribution is 0.344. The van der Waals surface area contributed by atoms with Crippen molar-refractivity contribution in [3.63, 3.8) is 0 Å². The van der Waals surface area contributed by atoms with E-state index in [-0.39, 0.29) is 4.73 Å². The van der Waals surface area contributed by atoms with Gasteiger partial charge in [-0.15, -0.1) is 0 Å². The zero-order valence-electron chi connectivity index (χ0n) is 9.80. The zero-order chi connectivity index (χ0) is 12.6. The van der Waals surface area contributed by atoms with Crippen LogP contribution in [0, 0.1) is 13.8 Å². The number of hydrogen-bond donors (Lipinski definition) is 1. The second-order valence-corrected chi connectivity index (χ2v) is 6.29. The van der Waals surface area contributed by atoms with Crippen molar-refractivity contribution in [2.45, 2.75) is 20.8 Å². The van der Waals surface area contributed by atoms with Crippen LogP contribution in [0.3, 0.4) is 0 Å². The monoisotopic (exact) mass is 272 g/mol. The number of nitrogens with one attached hydrogen (secondary N) is 1. The SMILES string of the molecule is CCOP1(=O)N=C(n2nc(C)cc2C)NC1=S. The second-order valence-electron chi connectivity index (χ2n) is 3.63.